The Balaban J connectivity index is 2.32. The van der Waals surface area contributed by atoms with E-state index < -0.39 is 17.0 Å². The van der Waals surface area contributed by atoms with Crippen LogP contribution in [0.5, 0.6) is 0 Å². The number of aliphatic hydroxyl groups excluding tert-OH is 1. The number of carboxylic acid groups (broad SMARTS) is 1. The molecule has 0 aliphatic rings. The third kappa shape index (κ3) is 13.4. The fourth-order valence-corrected chi connectivity index (χ4v) is 5.83. The number of allylic oxidation sites excluding steroid dienone is 3. The Kier molecular flexibility index (Phi) is 14.2. The molecule has 1 heterocycles. The molecule has 3 N–H and O–H groups in total. The third-order valence-corrected chi connectivity index (χ3v) is 8.39. The number of aliphatic hydroxyl groups is 2. The van der Waals surface area contributed by atoms with Crippen LogP contribution in [0.15, 0.2) is 96.9 Å². The number of aryl methyl sites for hydroxylation is 1. The number of aromatic nitrogens is 1. The van der Waals surface area contributed by atoms with Crippen LogP contribution >= 0.6 is 23.4 Å². The van der Waals surface area contributed by atoms with Gasteiger partial charge in [-0.05, 0) is 91.3 Å². The van der Waals surface area contributed by atoms with Crippen LogP contribution in [-0.2, 0) is 16.8 Å². The largest absolute Gasteiger partial charge is 0.516 e. The minimum Gasteiger partial charge on any atom is -0.516 e. The number of benzene rings is 1. The summed E-state index contributed by atoms with van der Waals surface area (Å²) < 4.78 is 0. The van der Waals surface area contributed by atoms with Gasteiger partial charge in [-0.15, -0.1) is 0 Å². The Morgan fingerprint density at radius 2 is 1.76 bits per heavy atom. The summed E-state index contributed by atoms with van der Waals surface area (Å²) in [5.74, 6) is -0.175. The van der Waals surface area contributed by atoms with E-state index in [1.165, 1.54) is 0 Å². The lowest BCUT2D eigenvalue weighted by molar-refractivity contribution is -0.138. The smallest absolute Gasteiger partial charge is 0.303 e. The Bertz CT molecular complexity index is 1280. The van der Waals surface area contributed by atoms with Crippen molar-refractivity contribution in [2.24, 2.45) is 5.41 Å². The highest BCUT2D eigenvalue weighted by Crippen LogP contribution is 2.34. The molecule has 0 spiro atoms. The Labute approximate surface area is 254 Å². The Morgan fingerprint density at radius 1 is 1.05 bits per heavy atom. The molecule has 2 rings (SSSR count). The summed E-state index contributed by atoms with van der Waals surface area (Å²) >= 11 is 7.79. The maximum Gasteiger partial charge on any atom is 0.303 e. The molecule has 1 atom stereocenters. The first-order valence-electron chi connectivity index (χ1n) is 13.7. The van der Waals surface area contributed by atoms with Gasteiger partial charge in [0.15, 0.2) is 0 Å². The topological polar surface area (TPSA) is 90.7 Å². The highest BCUT2D eigenvalue weighted by atomic mass is 35.5. The van der Waals surface area contributed by atoms with Gasteiger partial charge in [-0.25, -0.2) is 0 Å². The summed E-state index contributed by atoms with van der Waals surface area (Å²) in [6.45, 7) is 7.50. The molecule has 7 heteroatoms. The zero-order chi connectivity index (χ0) is 30.3. The molecule has 0 amide bonds. The lowest BCUT2D eigenvalue weighted by Crippen LogP contribution is -2.22. The molecule has 5 nitrogen and oxygen atoms in total. The zero-order valence-electron chi connectivity index (χ0n) is 24.3. The van der Waals surface area contributed by atoms with Crippen molar-refractivity contribution in [2.45, 2.75) is 64.2 Å². The summed E-state index contributed by atoms with van der Waals surface area (Å²) in [4.78, 5) is 15.9. The second kappa shape index (κ2) is 17.0. The summed E-state index contributed by atoms with van der Waals surface area (Å²) in [6, 6.07) is 19.0. The first-order chi connectivity index (χ1) is 19.4. The molecule has 1 aromatic carbocycles. The quantitative estimate of drug-likeness (QED) is 0.149. The molecule has 0 fully saturated rings. The molecule has 1 aromatic heterocycles. The van der Waals surface area contributed by atoms with Crippen LogP contribution in [-0.4, -0.2) is 37.3 Å². The number of carbonyl (C=O) groups is 1. The molecule has 0 unspecified atom stereocenters. The first kappa shape index (κ1) is 34.1. The van der Waals surface area contributed by atoms with Crippen LogP contribution in [0.2, 0.25) is 5.02 Å². The summed E-state index contributed by atoms with van der Waals surface area (Å²) in [6.07, 6.45) is 12.6. The van der Waals surface area contributed by atoms with Gasteiger partial charge in [0.05, 0.1) is 24.0 Å². The first-order valence-corrected chi connectivity index (χ1v) is 15.1. The number of aliphatic carboxylic acids is 1. The van der Waals surface area contributed by atoms with Crippen LogP contribution in [0.3, 0.4) is 0 Å². The highest BCUT2D eigenvalue weighted by molar-refractivity contribution is 8.00. The van der Waals surface area contributed by atoms with Gasteiger partial charge in [-0.3, -0.25) is 9.78 Å². The summed E-state index contributed by atoms with van der Waals surface area (Å²) in [5.41, 5.74) is 2.33. The van der Waals surface area contributed by atoms with Crippen LogP contribution in [0.25, 0.3) is 6.08 Å². The van der Waals surface area contributed by atoms with Gasteiger partial charge in [-0.2, -0.15) is 11.8 Å². The van der Waals surface area contributed by atoms with E-state index in [4.69, 9.17) is 11.6 Å². The Morgan fingerprint density at radius 3 is 2.46 bits per heavy atom. The minimum atomic E-state index is -0.962. The van der Waals surface area contributed by atoms with Gasteiger partial charge >= 0.3 is 5.97 Å². The van der Waals surface area contributed by atoms with Crippen molar-refractivity contribution in [1.29, 1.82) is 0 Å². The van der Waals surface area contributed by atoms with Crippen LogP contribution < -0.4 is 0 Å². The molecule has 0 aliphatic carbocycles. The Hall–Kier alpha value is -3.06. The molecule has 0 radical (unpaired) electrons. The lowest BCUT2D eigenvalue weighted by atomic mass is 9.90. The molecule has 0 saturated heterocycles. The van der Waals surface area contributed by atoms with E-state index in [-0.39, 0.29) is 11.7 Å². The predicted octanol–water partition coefficient (Wildman–Crippen LogP) is 8.72. The minimum absolute atomic E-state index is 0.00243. The monoisotopic (exact) mass is 595 g/mol. The lowest BCUT2D eigenvalue weighted by Gasteiger charge is -2.27. The standard InChI is InChI=1S/C34H42ClNO4S/c1-33(2,24-32(38)39)25-41-31(19-18-26-12-9-11-17-30(26)34(3,4)40)27(21-23-37)13-8-10-16-29-15-7-5-6-14-28(35)20-22-36-29/h5-7,9-17,20-23,31,37,40H,8,18-19,24-25H2,1-4H3,(H,38,39)/b6-5?,7-5?,14-6?,15-7?,16-10+,22-20?,23-21-,27-13+,28-14?,28-20?,29-15?,36-22?,36-29?/t31-/m1/s1. The number of rotatable bonds is 14. The van der Waals surface area contributed by atoms with Crippen molar-refractivity contribution < 1.29 is 20.1 Å². The average Bonchev–Trinajstić information content (AvgIpc) is 2.89. The zero-order valence-corrected chi connectivity index (χ0v) is 25.9. The number of hydrogen-bond donors (Lipinski definition) is 3. The normalized spacial score (nSPS) is 13.4. The number of thioether (sulfide) groups is 1. The molecule has 220 valence electrons. The van der Waals surface area contributed by atoms with Crippen molar-refractivity contribution in [1.82, 2.24) is 4.98 Å². The van der Waals surface area contributed by atoms with Gasteiger partial charge < -0.3 is 15.3 Å². The fraction of sp³-hybridized carbons (Fsp3) is 0.353. The summed E-state index contributed by atoms with van der Waals surface area (Å²) in [7, 11) is 0. The molecular weight excluding hydrogens is 554 g/mol. The third-order valence-electron chi connectivity index (χ3n) is 6.28. The molecular formula is C34H42ClNO4S. The molecule has 41 heavy (non-hydrogen) atoms. The van der Waals surface area contributed by atoms with Gasteiger partial charge in [0.1, 0.15) is 0 Å². The SMILES string of the molecule is CC(C)(CS[C@H](CCc1ccccc1C(C)(C)O)C(/C=C\O)=C/C/C=C/c1cccccc(Cl)ccn1)CC(=O)O. The van der Waals surface area contributed by atoms with Crippen LogP contribution in [0.4, 0.5) is 0 Å². The second-order valence-electron chi connectivity index (χ2n) is 11.1. The van der Waals surface area contributed by atoms with Crippen LogP contribution in [0, 0.1) is 5.41 Å². The van der Waals surface area contributed by atoms with E-state index in [1.807, 2.05) is 74.5 Å². The van der Waals surface area contributed by atoms with E-state index in [1.54, 1.807) is 50.0 Å². The summed E-state index contributed by atoms with van der Waals surface area (Å²) in [5, 5.41) is 30.4. The maximum absolute atomic E-state index is 11.4. The average molecular weight is 596 g/mol. The van der Waals surface area contributed by atoms with E-state index in [0.29, 0.717) is 17.2 Å². The van der Waals surface area contributed by atoms with Crippen LogP contribution in [0.1, 0.15) is 63.8 Å². The molecule has 0 bridgehead atoms. The van der Waals surface area contributed by atoms with E-state index in [0.717, 1.165) is 41.5 Å². The molecule has 0 aliphatic heterocycles. The van der Waals surface area contributed by atoms with Crippen molar-refractivity contribution in [3.05, 3.63) is 119 Å². The predicted molar refractivity (Wildman–Crippen MR) is 173 cm³/mol. The molecule has 0 saturated carbocycles. The van der Waals surface area contributed by atoms with E-state index >= 15 is 0 Å². The number of halogens is 1. The van der Waals surface area contributed by atoms with Gasteiger partial charge in [0, 0.05) is 16.5 Å². The van der Waals surface area contributed by atoms with E-state index in [9.17, 15) is 20.1 Å². The number of nitrogens with zero attached hydrogens (tertiary/aromatic N) is 1. The second-order valence-corrected chi connectivity index (χ2v) is 12.7. The molecule has 2 aromatic rings. The van der Waals surface area contributed by atoms with Gasteiger partial charge in [0.2, 0.25) is 0 Å². The number of hydrogen-bond acceptors (Lipinski definition) is 5. The van der Waals surface area contributed by atoms with Gasteiger partial charge in [0.25, 0.3) is 0 Å². The van der Waals surface area contributed by atoms with Crippen molar-refractivity contribution in [3.8, 4) is 0 Å². The number of carboxylic acids is 1. The van der Waals surface area contributed by atoms with E-state index in [2.05, 4.69) is 11.1 Å². The van der Waals surface area contributed by atoms with Gasteiger partial charge in [-0.1, -0.05) is 80.1 Å². The highest BCUT2D eigenvalue weighted by Gasteiger charge is 2.26. The maximum atomic E-state index is 11.4. The van der Waals surface area contributed by atoms with Crippen molar-refractivity contribution in [2.75, 3.05) is 5.75 Å². The van der Waals surface area contributed by atoms with Crippen molar-refractivity contribution >= 4 is 35.4 Å². The fourth-order valence-electron chi connectivity index (χ4n) is 4.30. The van der Waals surface area contributed by atoms with Crippen molar-refractivity contribution in [3.63, 3.8) is 0 Å².